The lowest BCUT2D eigenvalue weighted by atomic mass is 10.00. The van der Waals surface area contributed by atoms with Gasteiger partial charge in [0.2, 0.25) is 11.8 Å². The zero-order valence-corrected chi connectivity index (χ0v) is 13.4. The third-order valence-electron chi connectivity index (χ3n) is 4.61. The Balaban J connectivity index is 1.55. The third-order valence-corrected chi connectivity index (χ3v) is 4.61. The van der Waals surface area contributed by atoms with Crippen LogP contribution in [0.25, 0.3) is 0 Å². The van der Waals surface area contributed by atoms with E-state index in [1.54, 1.807) is 0 Å². The Hall–Kier alpha value is -2.24. The van der Waals surface area contributed by atoms with E-state index in [9.17, 15) is 9.59 Å². The van der Waals surface area contributed by atoms with Gasteiger partial charge < -0.3 is 20.9 Å². The number of carbonyl (C=O) groups excluding carboxylic acids is 2. The molecule has 0 saturated carbocycles. The number of amides is 2. The maximum absolute atomic E-state index is 12.2. The standard InChI is InChI=1S/C17H24N4O2/c18-14-6-3-7-15-13(14)5-4-10-21(15)12-16(22)19-11-17(23)20-8-1-2-9-20/h3,6-7H,1-2,4-5,8-12,18H2,(H,19,22). The molecule has 0 aromatic heterocycles. The Bertz CT molecular complexity index is 596. The molecule has 2 aliphatic rings. The van der Waals surface area contributed by atoms with Crippen molar-refractivity contribution in [2.45, 2.75) is 25.7 Å². The molecule has 0 unspecified atom stereocenters. The molecule has 6 nitrogen and oxygen atoms in total. The third kappa shape index (κ3) is 3.57. The molecule has 23 heavy (non-hydrogen) atoms. The monoisotopic (exact) mass is 316 g/mol. The van der Waals surface area contributed by atoms with Crippen molar-refractivity contribution in [3.05, 3.63) is 23.8 Å². The molecule has 2 aliphatic heterocycles. The van der Waals surface area contributed by atoms with E-state index in [-0.39, 0.29) is 24.9 Å². The van der Waals surface area contributed by atoms with Crippen LogP contribution in [-0.2, 0) is 16.0 Å². The predicted octanol–water partition coefficient (Wildman–Crippen LogP) is 0.760. The number of anilines is 2. The summed E-state index contributed by atoms with van der Waals surface area (Å²) in [6, 6.07) is 5.83. The maximum Gasteiger partial charge on any atom is 0.241 e. The minimum atomic E-state index is -0.118. The van der Waals surface area contributed by atoms with Crippen molar-refractivity contribution in [1.29, 1.82) is 0 Å². The quantitative estimate of drug-likeness (QED) is 0.804. The lowest BCUT2D eigenvalue weighted by Crippen LogP contribution is -2.44. The van der Waals surface area contributed by atoms with Gasteiger partial charge in [0.25, 0.3) is 0 Å². The van der Waals surface area contributed by atoms with E-state index in [2.05, 4.69) is 5.32 Å². The van der Waals surface area contributed by atoms with E-state index in [0.29, 0.717) is 0 Å². The highest BCUT2D eigenvalue weighted by Crippen LogP contribution is 2.30. The molecular formula is C17H24N4O2. The van der Waals surface area contributed by atoms with Crippen LogP contribution in [0, 0.1) is 0 Å². The molecule has 1 saturated heterocycles. The molecule has 0 bridgehead atoms. The van der Waals surface area contributed by atoms with E-state index in [1.165, 1.54) is 0 Å². The molecule has 6 heteroatoms. The zero-order valence-electron chi connectivity index (χ0n) is 13.4. The van der Waals surface area contributed by atoms with Crippen LogP contribution in [-0.4, -0.2) is 49.4 Å². The van der Waals surface area contributed by atoms with E-state index in [0.717, 1.165) is 62.3 Å². The summed E-state index contributed by atoms with van der Waals surface area (Å²) in [5.74, 6) is -0.105. The van der Waals surface area contributed by atoms with Crippen molar-refractivity contribution in [1.82, 2.24) is 10.2 Å². The van der Waals surface area contributed by atoms with Crippen LogP contribution in [0.4, 0.5) is 11.4 Å². The Morgan fingerprint density at radius 2 is 1.91 bits per heavy atom. The number of hydrogen-bond acceptors (Lipinski definition) is 4. The van der Waals surface area contributed by atoms with Gasteiger partial charge in [-0.1, -0.05) is 6.07 Å². The van der Waals surface area contributed by atoms with E-state index in [1.807, 2.05) is 28.0 Å². The summed E-state index contributed by atoms with van der Waals surface area (Å²) in [5.41, 5.74) is 8.98. The summed E-state index contributed by atoms with van der Waals surface area (Å²) in [5, 5.41) is 2.75. The van der Waals surface area contributed by atoms with E-state index < -0.39 is 0 Å². The second-order valence-electron chi connectivity index (χ2n) is 6.23. The highest BCUT2D eigenvalue weighted by molar-refractivity contribution is 5.87. The smallest absolute Gasteiger partial charge is 0.241 e. The van der Waals surface area contributed by atoms with Gasteiger partial charge in [-0.15, -0.1) is 0 Å². The topological polar surface area (TPSA) is 78.7 Å². The van der Waals surface area contributed by atoms with Crippen molar-refractivity contribution < 1.29 is 9.59 Å². The largest absolute Gasteiger partial charge is 0.398 e. The van der Waals surface area contributed by atoms with Crippen LogP contribution < -0.4 is 16.0 Å². The lowest BCUT2D eigenvalue weighted by Gasteiger charge is -2.31. The maximum atomic E-state index is 12.2. The number of fused-ring (bicyclic) bond motifs is 1. The molecule has 0 atom stereocenters. The Morgan fingerprint density at radius 1 is 1.13 bits per heavy atom. The van der Waals surface area contributed by atoms with Gasteiger partial charge in [-0.05, 0) is 43.4 Å². The fraction of sp³-hybridized carbons (Fsp3) is 0.529. The van der Waals surface area contributed by atoms with Gasteiger partial charge in [0.1, 0.15) is 0 Å². The molecule has 2 amide bonds. The zero-order chi connectivity index (χ0) is 16.2. The minimum Gasteiger partial charge on any atom is -0.398 e. The second-order valence-corrected chi connectivity index (χ2v) is 6.23. The van der Waals surface area contributed by atoms with Crippen LogP contribution in [0.15, 0.2) is 18.2 Å². The van der Waals surface area contributed by atoms with Gasteiger partial charge >= 0.3 is 0 Å². The number of nitrogens with two attached hydrogens (primary N) is 1. The average Bonchev–Trinajstić information content (AvgIpc) is 3.08. The van der Waals surface area contributed by atoms with E-state index >= 15 is 0 Å². The first kappa shape index (κ1) is 15.6. The highest BCUT2D eigenvalue weighted by Gasteiger charge is 2.22. The van der Waals surface area contributed by atoms with Crippen LogP contribution in [0.5, 0.6) is 0 Å². The fourth-order valence-electron chi connectivity index (χ4n) is 3.37. The summed E-state index contributed by atoms with van der Waals surface area (Å²) in [4.78, 5) is 28.0. The molecule has 3 N–H and O–H groups in total. The summed E-state index contributed by atoms with van der Waals surface area (Å²) >= 11 is 0. The normalized spacial score (nSPS) is 17.0. The molecule has 0 aliphatic carbocycles. The molecular weight excluding hydrogens is 292 g/mol. The van der Waals surface area contributed by atoms with Gasteiger partial charge in [0.05, 0.1) is 13.1 Å². The molecule has 1 fully saturated rings. The fourth-order valence-corrected chi connectivity index (χ4v) is 3.37. The first-order valence-electron chi connectivity index (χ1n) is 8.32. The van der Waals surface area contributed by atoms with Crippen molar-refractivity contribution in [3.8, 4) is 0 Å². The lowest BCUT2D eigenvalue weighted by molar-refractivity contribution is -0.131. The summed E-state index contributed by atoms with van der Waals surface area (Å²) in [6.07, 6.45) is 4.06. The molecule has 1 aromatic carbocycles. The van der Waals surface area contributed by atoms with Gasteiger partial charge in [-0.25, -0.2) is 0 Å². The molecule has 0 spiro atoms. The number of benzene rings is 1. The van der Waals surface area contributed by atoms with Crippen molar-refractivity contribution >= 4 is 23.2 Å². The van der Waals surface area contributed by atoms with Crippen molar-refractivity contribution in [3.63, 3.8) is 0 Å². The first-order chi connectivity index (χ1) is 11.1. The first-order valence-corrected chi connectivity index (χ1v) is 8.32. The van der Waals surface area contributed by atoms with Crippen LogP contribution in [0.2, 0.25) is 0 Å². The Labute approximate surface area is 136 Å². The number of nitrogens with zero attached hydrogens (tertiary/aromatic N) is 2. The van der Waals surface area contributed by atoms with Gasteiger partial charge in [-0.3, -0.25) is 9.59 Å². The van der Waals surface area contributed by atoms with Gasteiger partial charge in [-0.2, -0.15) is 0 Å². The molecule has 124 valence electrons. The number of likely N-dealkylation sites (tertiary alicyclic amines) is 1. The van der Waals surface area contributed by atoms with E-state index in [4.69, 9.17) is 5.73 Å². The summed E-state index contributed by atoms with van der Waals surface area (Å²) in [7, 11) is 0. The van der Waals surface area contributed by atoms with Crippen molar-refractivity contribution in [2.75, 3.05) is 43.4 Å². The highest BCUT2D eigenvalue weighted by atomic mass is 16.2. The summed E-state index contributed by atoms with van der Waals surface area (Å²) in [6.45, 7) is 2.82. The predicted molar refractivity (Wildman–Crippen MR) is 90.2 cm³/mol. The number of rotatable bonds is 4. The Morgan fingerprint density at radius 3 is 2.70 bits per heavy atom. The molecule has 3 rings (SSSR count). The number of carbonyl (C=O) groups is 2. The van der Waals surface area contributed by atoms with Crippen LogP contribution >= 0.6 is 0 Å². The molecule has 1 aromatic rings. The second kappa shape index (κ2) is 6.89. The van der Waals surface area contributed by atoms with Gasteiger partial charge in [0.15, 0.2) is 0 Å². The van der Waals surface area contributed by atoms with Crippen molar-refractivity contribution in [2.24, 2.45) is 0 Å². The van der Waals surface area contributed by atoms with Crippen LogP contribution in [0.3, 0.4) is 0 Å². The van der Waals surface area contributed by atoms with Crippen LogP contribution in [0.1, 0.15) is 24.8 Å². The average molecular weight is 316 g/mol. The molecule has 0 radical (unpaired) electrons. The summed E-state index contributed by atoms with van der Waals surface area (Å²) < 4.78 is 0. The number of nitrogens with one attached hydrogen (secondary N) is 1. The molecule has 2 heterocycles. The number of hydrogen-bond donors (Lipinski definition) is 2. The SMILES string of the molecule is Nc1cccc2c1CCCN2CC(=O)NCC(=O)N1CCCC1. The Kier molecular flexibility index (Phi) is 4.69. The van der Waals surface area contributed by atoms with Gasteiger partial charge in [0, 0.05) is 31.0 Å². The minimum absolute atomic E-state index is 0.0131. The number of nitrogen functional groups attached to an aromatic ring is 1.